The molecule has 3 heteroatoms. The Kier molecular flexibility index (Phi) is 27.7. The van der Waals surface area contributed by atoms with E-state index in [0.717, 1.165) is 61.7 Å². The van der Waals surface area contributed by atoms with Crippen LogP contribution in [0.5, 0.6) is 0 Å². The molecule has 0 saturated heterocycles. The minimum absolute atomic E-state index is 0.151. The highest BCUT2D eigenvalue weighted by Crippen LogP contribution is 2.23. The van der Waals surface area contributed by atoms with Crippen molar-refractivity contribution in [3.63, 3.8) is 0 Å². The second-order valence-corrected chi connectivity index (χ2v) is 11.6. The van der Waals surface area contributed by atoms with Gasteiger partial charge in [0.25, 0.3) is 0 Å². The summed E-state index contributed by atoms with van der Waals surface area (Å²) >= 11 is 0. The zero-order valence-corrected chi connectivity index (χ0v) is 27.1. The number of unbranched alkanes of at least 4 members (excludes halogenated alkanes) is 5. The van der Waals surface area contributed by atoms with E-state index in [4.69, 9.17) is 0 Å². The van der Waals surface area contributed by atoms with E-state index in [1.165, 1.54) is 76.3 Å². The monoisotopic (exact) mass is 536 g/mol. The molecule has 1 aliphatic carbocycles. The maximum Gasteiger partial charge on any atom is 0.226 e. The summed E-state index contributed by atoms with van der Waals surface area (Å²) in [5, 5.41) is 0. The van der Waals surface area contributed by atoms with E-state index >= 15 is 0 Å². The topological polar surface area (TPSA) is 20.3 Å². The van der Waals surface area contributed by atoms with E-state index in [1.54, 1.807) is 6.07 Å². The predicted molar refractivity (Wildman–Crippen MR) is 170 cm³/mol. The quantitative estimate of drug-likeness (QED) is 0.244. The highest BCUT2D eigenvalue weighted by Gasteiger charge is 2.17. The van der Waals surface area contributed by atoms with Crippen LogP contribution in [0.3, 0.4) is 0 Å². The third-order valence-electron chi connectivity index (χ3n) is 7.01. The first-order valence-corrected chi connectivity index (χ1v) is 16.2. The maximum atomic E-state index is 13.2. The van der Waals surface area contributed by atoms with E-state index < -0.39 is 0 Å². The number of hydrogen-bond donors (Lipinski definition) is 0. The number of carbonyl (C=O) groups excluding carboxylic acids is 1. The lowest BCUT2D eigenvalue weighted by atomic mass is 9.91. The van der Waals surface area contributed by atoms with Crippen LogP contribution in [0.2, 0.25) is 0 Å². The first-order valence-electron chi connectivity index (χ1n) is 16.2. The zero-order valence-electron chi connectivity index (χ0n) is 27.1. The molecule has 1 fully saturated rings. The molecule has 1 aromatic carbocycles. The highest BCUT2D eigenvalue weighted by molar-refractivity contribution is 5.94. The molecule has 0 unspecified atom stereocenters. The second kappa shape index (κ2) is 27.2. The third kappa shape index (κ3) is 22.6. The molecule has 0 atom stereocenters. The van der Waals surface area contributed by atoms with Crippen LogP contribution in [0, 0.1) is 24.6 Å². The average Bonchev–Trinajstić information content (AvgIpc) is 2.90. The van der Waals surface area contributed by atoms with Crippen molar-refractivity contribution in [2.45, 2.75) is 165 Å². The summed E-state index contributed by atoms with van der Waals surface area (Å²) in [5.74, 6) is 1.84. The summed E-state index contributed by atoms with van der Waals surface area (Å²) in [6.07, 6.45) is 19.9. The molecule has 0 radical (unpaired) electrons. The fraction of sp³-hybridized carbons (Fsp3) is 0.800. The fourth-order valence-corrected chi connectivity index (χ4v) is 4.20. The van der Waals surface area contributed by atoms with Crippen LogP contribution in [0.1, 0.15) is 164 Å². The Labute approximate surface area is 238 Å². The molecule has 0 heterocycles. The minimum atomic E-state index is -0.249. The van der Waals surface area contributed by atoms with Gasteiger partial charge in [-0.3, -0.25) is 4.79 Å². The van der Waals surface area contributed by atoms with E-state index in [1.807, 2.05) is 11.8 Å². The predicted octanol–water partition coefficient (Wildman–Crippen LogP) is 12.1. The largest absolute Gasteiger partial charge is 0.312 e. The second-order valence-electron chi connectivity index (χ2n) is 11.6. The zero-order chi connectivity index (χ0) is 29.2. The summed E-state index contributed by atoms with van der Waals surface area (Å²) in [6, 6.07) is 4.65. The molecule has 0 aromatic heterocycles. The minimum Gasteiger partial charge on any atom is -0.312 e. The van der Waals surface area contributed by atoms with Crippen molar-refractivity contribution in [3.05, 3.63) is 29.6 Å². The number of rotatable bonds is 12. The van der Waals surface area contributed by atoms with Gasteiger partial charge in [0.05, 0.1) is 0 Å². The van der Waals surface area contributed by atoms with Crippen LogP contribution in [0.25, 0.3) is 0 Å². The van der Waals surface area contributed by atoms with Gasteiger partial charge in [0.1, 0.15) is 5.82 Å². The van der Waals surface area contributed by atoms with Gasteiger partial charge in [-0.2, -0.15) is 0 Å². The van der Waals surface area contributed by atoms with Crippen LogP contribution in [-0.4, -0.2) is 12.5 Å². The number of hydrogen-bond acceptors (Lipinski definition) is 1. The Morgan fingerprint density at radius 3 is 1.84 bits per heavy atom. The molecule has 2 nitrogen and oxygen atoms in total. The molecular formula is C35H66FNO. The third-order valence-corrected chi connectivity index (χ3v) is 7.01. The average molecular weight is 536 g/mol. The molecule has 2 rings (SSSR count). The van der Waals surface area contributed by atoms with Crippen LogP contribution in [0.15, 0.2) is 18.2 Å². The van der Waals surface area contributed by atoms with Gasteiger partial charge in [-0.1, -0.05) is 139 Å². The Bertz CT molecular complexity index is 649. The normalized spacial score (nSPS) is 12.9. The Hall–Kier alpha value is -1.38. The molecule has 38 heavy (non-hydrogen) atoms. The number of carbonyl (C=O) groups is 1. The van der Waals surface area contributed by atoms with Crippen molar-refractivity contribution in [2.75, 3.05) is 11.4 Å². The maximum absolute atomic E-state index is 13.2. The summed E-state index contributed by atoms with van der Waals surface area (Å²) in [5.41, 5.74) is 1.68. The number of anilines is 1. The van der Waals surface area contributed by atoms with Crippen molar-refractivity contribution < 1.29 is 9.18 Å². The van der Waals surface area contributed by atoms with E-state index in [0.29, 0.717) is 6.42 Å². The Morgan fingerprint density at radius 2 is 1.45 bits per heavy atom. The number of amides is 1. The summed E-state index contributed by atoms with van der Waals surface area (Å²) in [4.78, 5) is 14.2. The van der Waals surface area contributed by atoms with Crippen molar-refractivity contribution >= 4 is 11.6 Å². The molecule has 1 aromatic rings. The van der Waals surface area contributed by atoms with Crippen LogP contribution >= 0.6 is 0 Å². The molecule has 224 valence electrons. The van der Waals surface area contributed by atoms with Gasteiger partial charge >= 0.3 is 0 Å². The Balaban J connectivity index is 0. The van der Waals surface area contributed by atoms with Crippen LogP contribution in [-0.2, 0) is 4.79 Å². The number of halogens is 1. The van der Waals surface area contributed by atoms with E-state index in [-0.39, 0.29) is 11.7 Å². The molecule has 0 spiro atoms. The van der Waals surface area contributed by atoms with Crippen LogP contribution < -0.4 is 4.90 Å². The lowest BCUT2D eigenvalue weighted by Crippen LogP contribution is -2.32. The molecule has 0 N–H and O–H groups in total. The fourth-order valence-electron chi connectivity index (χ4n) is 4.20. The van der Waals surface area contributed by atoms with Crippen molar-refractivity contribution in [2.24, 2.45) is 11.8 Å². The first-order chi connectivity index (χ1) is 18.2. The molecule has 1 saturated carbocycles. The number of nitrogens with zero attached hydrogens (tertiary/aromatic N) is 1. The summed E-state index contributed by atoms with van der Waals surface area (Å²) in [6.45, 7) is 20.3. The standard InChI is InChI=1S/C17H26FNO.C7H14.C7H16.C4H10/c1-4-6-8-12-19(17(20)9-7-5-2)16-11-10-15(18)13-14(16)3;1-7-5-3-2-4-6-7;1-4-5-6-7(2)3;1-3-4-2/h10-11,13H,4-9,12H2,1-3H3;7H,2-6H2,1H3;7H,4-6H2,1-3H3;3-4H2,1-2H3. The molecule has 1 aliphatic rings. The highest BCUT2D eigenvalue weighted by atomic mass is 19.1. The van der Waals surface area contributed by atoms with Gasteiger partial charge in [0.15, 0.2) is 0 Å². The van der Waals surface area contributed by atoms with Gasteiger partial charge in [-0.05, 0) is 55.4 Å². The summed E-state index contributed by atoms with van der Waals surface area (Å²) in [7, 11) is 0. The number of benzene rings is 1. The first kappa shape index (κ1) is 38.8. The van der Waals surface area contributed by atoms with Crippen LogP contribution in [0.4, 0.5) is 10.1 Å². The van der Waals surface area contributed by atoms with E-state index in [2.05, 4.69) is 55.4 Å². The van der Waals surface area contributed by atoms with Gasteiger partial charge < -0.3 is 4.90 Å². The van der Waals surface area contributed by atoms with Crippen molar-refractivity contribution in [1.82, 2.24) is 0 Å². The van der Waals surface area contributed by atoms with E-state index in [9.17, 15) is 9.18 Å². The number of aryl methyl sites for hydroxylation is 1. The molecule has 0 bridgehead atoms. The molecule has 0 aliphatic heterocycles. The smallest absolute Gasteiger partial charge is 0.226 e. The lowest BCUT2D eigenvalue weighted by molar-refractivity contribution is -0.118. The SMILES string of the molecule is CC1CCCCC1.CCCC.CCCCC(C)C.CCCCCN(C(=O)CCCC)c1ccc(F)cc1C. The summed E-state index contributed by atoms with van der Waals surface area (Å²) < 4.78 is 13.2. The molecular weight excluding hydrogens is 469 g/mol. The van der Waals surface area contributed by atoms with Crippen molar-refractivity contribution in [1.29, 1.82) is 0 Å². The van der Waals surface area contributed by atoms with Gasteiger partial charge in [-0.15, -0.1) is 0 Å². The molecule has 1 amide bonds. The lowest BCUT2D eigenvalue weighted by Gasteiger charge is -2.24. The van der Waals surface area contributed by atoms with Crippen molar-refractivity contribution in [3.8, 4) is 0 Å². The van der Waals surface area contributed by atoms with Gasteiger partial charge in [0.2, 0.25) is 5.91 Å². The van der Waals surface area contributed by atoms with Gasteiger partial charge in [-0.25, -0.2) is 4.39 Å². The Morgan fingerprint density at radius 1 is 0.868 bits per heavy atom. The van der Waals surface area contributed by atoms with Gasteiger partial charge in [0, 0.05) is 18.7 Å².